The van der Waals surface area contributed by atoms with Gasteiger partial charge < -0.3 is 35.5 Å². The number of aromatic amines is 1. The predicted octanol–water partition coefficient (Wildman–Crippen LogP) is -1.50. The number of nitrogens with zero attached hydrogens (tertiary/aromatic N) is 3. The normalized spacial score (nSPS) is 16.0. The molecule has 0 fully saturated rings. The molecule has 0 bridgehead atoms. The molecule has 13 nitrogen and oxygen atoms in total. The van der Waals surface area contributed by atoms with Gasteiger partial charge in [0.1, 0.15) is 17.8 Å². The van der Waals surface area contributed by atoms with Crippen molar-refractivity contribution in [2.45, 2.75) is 12.7 Å². The molecule has 1 atom stereocenters. The highest BCUT2D eigenvalue weighted by molar-refractivity contribution is 7.53. The molecule has 142 valence electrons. The largest absolute Gasteiger partial charge is 0.369 e. The number of anilines is 3. The topological polar surface area (TPSA) is 205 Å². The van der Waals surface area contributed by atoms with Gasteiger partial charge in [0.2, 0.25) is 5.95 Å². The highest BCUT2D eigenvalue weighted by Crippen LogP contribution is 2.46. The number of hydrogen-bond acceptors (Lipinski definition) is 8. The number of nitrogens with one attached hydrogen (secondary N) is 2. The molecule has 1 aliphatic heterocycles. The molecule has 8 N–H and O–H groups in total. The molecule has 0 radical (unpaired) electrons. The monoisotopic (exact) mass is 398 g/mol. The number of nitrogen functional groups attached to an aromatic ring is 1. The van der Waals surface area contributed by atoms with E-state index in [2.05, 4.69) is 15.3 Å². The summed E-state index contributed by atoms with van der Waals surface area (Å²) in [7, 11) is -9.11. The highest BCUT2D eigenvalue weighted by atomic mass is 31.2. The Morgan fingerprint density at radius 1 is 1.36 bits per heavy atom. The zero-order valence-corrected chi connectivity index (χ0v) is 15.0. The van der Waals surface area contributed by atoms with Gasteiger partial charge in [0.05, 0.1) is 6.67 Å². The van der Waals surface area contributed by atoms with Gasteiger partial charge in [-0.25, -0.2) is 0 Å². The highest BCUT2D eigenvalue weighted by Gasteiger charge is 2.34. The van der Waals surface area contributed by atoms with Crippen molar-refractivity contribution in [3.05, 3.63) is 10.4 Å². The summed E-state index contributed by atoms with van der Waals surface area (Å²) in [6.45, 7) is 1.42. The molecular formula is C10H20N6O7P2. The maximum Gasteiger partial charge on any atom is 0.342 e. The van der Waals surface area contributed by atoms with Crippen LogP contribution in [-0.2, 0) is 9.13 Å². The van der Waals surface area contributed by atoms with Crippen molar-refractivity contribution in [1.82, 2.24) is 14.9 Å². The average molecular weight is 398 g/mol. The van der Waals surface area contributed by atoms with Gasteiger partial charge in [-0.3, -0.25) is 23.8 Å². The zero-order valence-electron chi connectivity index (χ0n) is 13.2. The van der Waals surface area contributed by atoms with Gasteiger partial charge in [0, 0.05) is 13.1 Å². The summed E-state index contributed by atoms with van der Waals surface area (Å²) < 4.78 is 22.7. The summed E-state index contributed by atoms with van der Waals surface area (Å²) in [5.41, 5.74) is 5.25. The van der Waals surface area contributed by atoms with Crippen LogP contribution in [0.3, 0.4) is 0 Å². The van der Waals surface area contributed by atoms with Gasteiger partial charge in [-0.2, -0.15) is 4.98 Å². The number of fused-ring (bicyclic) bond motifs is 1. The SMILES string of the molecule is CC(N(CCN1CNc2c1nc(N)[nH]c2=O)CP(=O)(O)O)P(=O)(O)O. The summed E-state index contributed by atoms with van der Waals surface area (Å²) in [6, 6.07) is 0. The summed E-state index contributed by atoms with van der Waals surface area (Å²) in [6.07, 6.45) is -0.807. The van der Waals surface area contributed by atoms with Crippen molar-refractivity contribution in [3.8, 4) is 0 Å². The summed E-state index contributed by atoms with van der Waals surface area (Å²) in [5.74, 6) is -1.21. The summed E-state index contributed by atoms with van der Waals surface area (Å²) in [4.78, 5) is 57.6. The molecule has 2 rings (SSSR count). The fourth-order valence-electron chi connectivity index (χ4n) is 2.38. The van der Waals surface area contributed by atoms with Crippen molar-refractivity contribution in [1.29, 1.82) is 0 Å². The van der Waals surface area contributed by atoms with E-state index in [1.807, 2.05) is 0 Å². The molecule has 1 aliphatic rings. The molecule has 0 aliphatic carbocycles. The molecule has 1 aromatic rings. The summed E-state index contributed by atoms with van der Waals surface area (Å²) in [5, 5.41) is 2.82. The molecule has 0 spiro atoms. The molecule has 15 heteroatoms. The second-order valence-corrected chi connectivity index (χ2v) is 9.13. The minimum Gasteiger partial charge on any atom is -0.369 e. The molecule has 0 amide bonds. The second-order valence-electron chi connectivity index (χ2n) is 5.59. The van der Waals surface area contributed by atoms with Crippen LogP contribution in [0.4, 0.5) is 17.5 Å². The van der Waals surface area contributed by atoms with Gasteiger partial charge in [0.25, 0.3) is 5.56 Å². The second kappa shape index (κ2) is 7.04. The molecule has 0 aromatic carbocycles. The lowest BCUT2D eigenvalue weighted by atomic mass is 10.4. The Balaban J connectivity index is 2.16. The van der Waals surface area contributed by atoms with Crippen molar-refractivity contribution >= 4 is 32.6 Å². The first-order valence-corrected chi connectivity index (χ1v) is 10.6. The van der Waals surface area contributed by atoms with E-state index in [1.54, 1.807) is 4.90 Å². The van der Waals surface area contributed by atoms with E-state index in [9.17, 15) is 23.7 Å². The van der Waals surface area contributed by atoms with E-state index >= 15 is 0 Å². The van der Waals surface area contributed by atoms with E-state index in [1.165, 1.54) is 6.92 Å². The lowest BCUT2D eigenvalue weighted by Crippen LogP contribution is -2.40. The molecule has 0 saturated heterocycles. The van der Waals surface area contributed by atoms with Gasteiger partial charge >= 0.3 is 15.2 Å². The molecular weight excluding hydrogens is 378 g/mol. The van der Waals surface area contributed by atoms with E-state index in [4.69, 9.17) is 15.5 Å². The van der Waals surface area contributed by atoms with E-state index in [-0.39, 0.29) is 37.2 Å². The van der Waals surface area contributed by atoms with E-state index < -0.39 is 32.8 Å². The fraction of sp³-hybridized carbons (Fsp3) is 0.600. The average Bonchev–Trinajstić information content (AvgIpc) is 2.83. The molecule has 1 unspecified atom stereocenters. The minimum atomic E-state index is -4.58. The van der Waals surface area contributed by atoms with Gasteiger partial charge in [-0.05, 0) is 6.92 Å². The quantitative estimate of drug-likeness (QED) is 0.262. The van der Waals surface area contributed by atoms with Crippen LogP contribution in [0.15, 0.2) is 4.79 Å². The van der Waals surface area contributed by atoms with Crippen molar-refractivity contribution in [2.75, 3.05) is 42.0 Å². The van der Waals surface area contributed by atoms with Crippen molar-refractivity contribution in [2.24, 2.45) is 0 Å². The number of hydrogen-bond donors (Lipinski definition) is 7. The van der Waals surface area contributed by atoms with Crippen molar-refractivity contribution < 1.29 is 28.7 Å². The van der Waals surface area contributed by atoms with Gasteiger partial charge in [-0.1, -0.05) is 0 Å². The van der Waals surface area contributed by atoms with Gasteiger partial charge in [0.15, 0.2) is 5.82 Å². The Kier molecular flexibility index (Phi) is 5.59. The van der Waals surface area contributed by atoms with Crippen LogP contribution in [0.1, 0.15) is 6.92 Å². The number of nitrogens with two attached hydrogens (primary N) is 1. The Hall–Kier alpha value is -1.46. The molecule has 1 aromatic heterocycles. The predicted molar refractivity (Wildman–Crippen MR) is 90.2 cm³/mol. The Morgan fingerprint density at radius 3 is 2.56 bits per heavy atom. The first-order chi connectivity index (χ1) is 11.4. The van der Waals surface area contributed by atoms with Gasteiger partial charge in [-0.15, -0.1) is 0 Å². The lowest BCUT2D eigenvalue weighted by molar-refractivity contribution is 0.236. The number of rotatable bonds is 7. The first-order valence-electron chi connectivity index (χ1n) is 7.11. The van der Waals surface area contributed by atoms with E-state index in [0.29, 0.717) is 0 Å². The van der Waals surface area contributed by atoms with Crippen LogP contribution >= 0.6 is 15.2 Å². The Bertz CT molecular complexity index is 788. The van der Waals surface area contributed by atoms with Crippen LogP contribution < -0.4 is 21.5 Å². The summed E-state index contributed by atoms with van der Waals surface area (Å²) >= 11 is 0. The molecule has 2 heterocycles. The zero-order chi connectivity index (χ0) is 19.0. The minimum absolute atomic E-state index is 0.0765. The van der Waals surface area contributed by atoms with Crippen LogP contribution in [0.25, 0.3) is 0 Å². The Labute approximate surface area is 142 Å². The number of aromatic nitrogens is 2. The third-order valence-corrected chi connectivity index (χ3v) is 5.73. The maximum atomic E-state index is 11.8. The smallest absolute Gasteiger partial charge is 0.342 e. The standard InChI is InChI=1S/C10H20N6O7P2/c1-6(25(21,22)23)16(5-24(18,19)20)3-2-15-4-12-7-8(15)13-10(11)14-9(7)17/h6,12H,2-5H2,1H3,(H2,18,19,20)(H2,21,22,23)(H3,11,13,14,17). The maximum absolute atomic E-state index is 11.8. The molecule has 0 saturated carbocycles. The lowest BCUT2D eigenvalue weighted by Gasteiger charge is -2.31. The third kappa shape index (κ3) is 5.02. The van der Waals surface area contributed by atoms with Crippen LogP contribution in [0.5, 0.6) is 0 Å². The first kappa shape index (κ1) is 19.9. The number of H-pyrrole nitrogens is 1. The van der Waals surface area contributed by atoms with Crippen LogP contribution in [-0.4, -0.2) is 66.3 Å². The van der Waals surface area contributed by atoms with Crippen molar-refractivity contribution in [3.63, 3.8) is 0 Å². The molecule has 25 heavy (non-hydrogen) atoms. The van der Waals surface area contributed by atoms with Crippen LogP contribution in [0, 0.1) is 0 Å². The fourth-order valence-corrected chi connectivity index (χ4v) is 3.99. The third-order valence-electron chi connectivity index (χ3n) is 3.70. The van der Waals surface area contributed by atoms with E-state index in [0.717, 1.165) is 4.90 Å². The Morgan fingerprint density at radius 2 is 2.00 bits per heavy atom. The van der Waals surface area contributed by atoms with Crippen LogP contribution in [0.2, 0.25) is 0 Å².